The molecule has 0 spiro atoms. The number of nitrogens with zero attached hydrogens (tertiary/aromatic N) is 2. The summed E-state index contributed by atoms with van der Waals surface area (Å²) in [4.78, 5) is 4.28. The Morgan fingerprint density at radius 3 is 2.75 bits per heavy atom. The molecule has 1 aromatic heterocycles. The highest BCUT2D eigenvalue weighted by Gasteiger charge is 2.26. The number of hydrogen-bond acceptors (Lipinski definition) is 4. The second-order valence-electron chi connectivity index (χ2n) is 6.23. The molecule has 1 aliphatic rings. The highest BCUT2D eigenvalue weighted by molar-refractivity contribution is 7.91. The van der Waals surface area contributed by atoms with Crippen molar-refractivity contribution < 1.29 is 9.29 Å². The lowest BCUT2D eigenvalue weighted by Crippen LogP contribution is -2.25. The lowest BCUT2D eigenvalue weighted by atomic mass is 10.2. The summed E-state index contributed by atoms with van der Waals surface area (Å²) in [6.07, 6.45) is 5.84. The molecule has 2 rings (SSSR count). The molecule has 0 aromatic carbocycles. The topological polar surface area (TPSA) is 57.5 Å². The fraction of sp³-hybridized carbons (Fsp3) is 0.600. The van der Waals surface area contributed by atoms with Gasteiger partial charge in [0.2, 0.25) is 0 Å². The molecule has 5 heteroatoms. The zero-order chi connectivity index (χ0) is 14.8. The van der Waals surface area contributed by atoms with Gasteiger partial charge in [-0.05, 0) is 58.1 Å². The predicted octanol–water partition coefficient (Wildman–Crippen LogP) is 3.06. The molecule has 4 nitrogen and oxygen atoms in total. The van der Waals surface area contributed by atoms with Gasteiger partial charge >= 0.3 is 0 Å². The first-order chi connectivity index (χ1) is 9.36. The fourth-order valence-electron chi connectivity index (χ4n) is 1.54. The molecule has 1 aromatic rings. The molecule has 0 bridgehead atoms. The summed E-state index contributed by atoms with van der Waals surface area (Å²) in [5.41, 5.74) is 1.74. The van der Waals surface area contributed by atoms with Crippen LogP contribution in [0.15, 0.2) is 16.7 Å². The van der Waals surface area contributed by atoms with E-state index < -0.39 is 11.4 Å². The van der Waals surface area contributed by atoms with E-state index in [0.29, 0.717) is 5.69 Å². The molecule has 0 saturated heterocycles. The Hall–Kier alpha value is -1.07. The maximum absolute atomic E-state index is 11.8. The Balaban J connectivity index is 1.98. The van der Waals surface area contributed by atoms with Gasteiger partial charge in [0, 0.05) is 0 Å². The summed E-state index contributed by atoms with van der Waals surface area (Å²) >= 11 is -1.25. The van der Waals surface area contributed by atoms with Crippen LogP contribution in [0.5, 0.6) is 5.75 Å². The van der Waals surface area contributed by atoms with Gasteiger partial charge in [0.15, 0.2) is 0 Å². The van der Waals surface area contributed by atoms with E-state index >= 15 is 0 Å². The van der Waals surface area contributed by atoms with E-state index in [-0.39, 0.29) is 4.75 Å². The van der Waals surface area contributed by atoms with Crippen LogP contribution in [0.3, 0.4) is 0 Å². The first kappa shape index (κ1) is 15.3. The monoisotopic (exact) mass is 294 g/mol. The maximum atomic E-state index is 11.8. The Morgan fingerprint density at radius 2 is 2.20 bits per heavy atom. The van der Waals surface area contributed by atoms with Crippen LogP contribution in [0.1, 0.15) is 44.9 Å². The van der Waals surface area contributed by atoms with E-state index in [1.54, 1.807) is 12.4 Å². The van der Waals surface area contributed by atoms with Crippen LogP contribution in [-0.4, -0.2) is 27.1 Å². The molecule has 1 unspecified atom stereocenters. The number of aryl methyl sites for hydroxylation is 1. The molecule has 1 fully saturated rings. The number of ether oxygens (including phenoxy) is 1. The minimum Gasteiger partial charge on any atom is -0.591 e. The van der Waals surface area contributed by atoms with E-state index in [9.17, 15) is 4.55 Å². The third-order valence-corrected chi connectivity index (χ3v) is 4.40. The van der Waals surface area contributed by atoms with Crippen LogP contribution in [0, 0.1) is 12.8 Å². The van der Waals surface area contributed by atoms with Crippen molar-refractivity contribution >= 4 is 17.6 Å². The molecule has 0 N–H and O–H groups in total. The SMILES string of the molecule is Cc1cc(C=N[S+]([O-])C(C)(C)C)ncc1OCC1CC1. The van der Waals surface area contributed by atoms with Crippen LogP contribution in [0.4, 0.5) is 0 Å². The Labute approximate surface area is 124 Å². The largest absolute Gasteiger partial charge is 0.591 e. The van der Waals surface area contributed by atoms with Crippen molar-refractivity contribution in [2.75, 3.05) is 6.61 Å². The first-order valence-corrected chi connectivity index (χ1v) is 8.02. The number of pyridine rings is 1. The molecule has 1 atom stereocenters. The van der Waals surface area contributed by atoms with Gasteiger partial charge in [-0.15, -0.1) is 0 Å². The fourth-order valence-corrected chi connectivity index (χ4v) is 2.06. The van der Waals surface area contributed by atoms with Crippen molar-refractivity contribution in [3.05, 3.63) is 23.5 Å². The van der Waals surface area contributed by atoms with Crippen molar-refractivity contribution in [3.63, 3.8) is 0 Å². The minimum absolute atomic E-state index is 0.348. The standard InChI is InChI=1S/C15H22N2O2S/c1-11-7-13(8-17-20(18)15(2,3)4)16-9-14(11)19-10-12-5-6-12/h7-9,12H,5-6,10H2,1-4H3. The van der Waals surface area contributed by atoms with Crippen molar-refractivity contribution in [2.24, 2.45) is 10.3 Å². The van der Waals surface area contributed by atoms with E-state index in [1.165, 1.54) is 12.8 Å². The molecular weight excluding hydrogens is 272 g/mol. The number of hydrogen-bond donors (Lipinski definition) is 0. The molecule has 110 valence electrons. The van der Waals surface area contributed by atoms with E-state index in [4.69, 9.17) is 4.74 Å². The van der Waals surface area contributed by atoms with Gasteiger partial charge in [-0.3, -0.25) is 4.98 Å². The van der Waals surface area contributed by atoms with Gasteiger partial charge in [-0.1, -0.05) is 4.40 Å². The zero-order valence-corrected chi connectivity index (χ0v) is 13.4. The van der Waals surface area contributed by atoms with Gasteiger partial charge in [0.1, 0.15) is 28.1 Å². The predicted molar refractivity (Wildman–Crippen MR) is 82.7 cm³/mol. The highest BCUT2D eigenvalue weighted by Crippen LogP contribution is 2.30. The smallest absolute Gasteiger partial charge is 0.144 e. The summed E-state index contributed by atoms with van der Waals surface area (Å²) in [5.74, 6) is 1.55. The Kier molecular flexibility index (Phi) is 4.70. The first-order valence-electron chi connectivity index (χ1n) is 6.92. The van der Waals surface area contributed by atoms with E-state index in [0.717, 1.165) is 23.8 Å². The van der Waals surface area contributed by atoms with Crippen molar-refractivity contribution in [2.45, 2.75) is 45.3 Å². The van der Waals surface area contributed by atoms with E-state index in [2.05, 4.69) is 9.38 Å². The summed E-state index contributed by atoms with van der Waals surface area (Å²) in [5, 5.41) is 0. The van der Waals surface area contributed by atoms with Crippen molar-refractivity contribution in [1.29, 1.82) is 0 Å². The molecule has 1 saturated carbocycles. The van der Waals surface area contributed by atoms with Crippen LogP contribution >= 0.6 is 0 Å². The molecule has 0 aliphatic heterocycles. The third-order valence-electron chi connectivity index (χ3n) is 3.06. The molecular formula is C15H22N2O2S. The van der Waals surface area contributed by atoms with E-state index in [1.807, 2.05) is 33.8 Å². The number of aromatic nitrogens is 1. The molecule has 0 radical (unpaired) electrons. The lowest BCUT2D eigenvalue weighted by molar-refractivity contribution is 0.296. The van der Waals surface area contributed by atoms with Gasteiger partial charge < -0.3 is 9.29 Å². The van der Waals surface area contributed by atoms with Crippen LogP contribution in [0.25, 0.3) is 0 Å². The summed E-state index contributed by atoms with van der Waals surface area (Å²) in [6, 6.07) is 1.91. The van der Waals surface area contributed by atoms with Crippen LogP contribution in [-0.2, 0) is 11.4 Å². The summed E-state index contributed by atoms with van der Waals surface area (Å²) in [7, 11) is 0. The van der Waals surface area contributed by atoms with Crippen molar-refractivity contribution in [3.8, 4) is 5.75 Å². The average molecular weight is 294 g/mol. The second kappa shape index (κ2) is 6.14. The van der Waals surface area contributed by atoms with Crippen molar-refractivity contribution in [1.82, 2.24) is 4.98 Å². The second-order valence-corrected chi connectivity index (χ2v) is 8.16. The molecule has 1 aliphatic carbocycles. The van der Waals surface area contributed by atoms with Crippen LogP contribution < -0.4 is 4.74 Å². The van der Waals surface area contributed by atoms with Gasteiger partial charge in [0.25, 0.3) is 0 Å². The summed E-state index contributed by atoms with van der Waals surface area (Å²) in [6.45, 7) is 8.46. The average Bonchev–Trinajstić information content (AvgIpc) is 3.17. The quantitative estimate of drug-likeness (QED) is 0.619. The Morgan fingerprint density at radius 1 is 1.50 bits per heavy atom. The maximum Gasteiger partial charge on any atom is 0.144 e. The summed E-state index contributed by atoms with van der Waals surface area (Å²) < 4.78 is 21.3. The molecule has 1 heterocycles. The third kappa shape index (κ3) is 4.49. The lowest BCUT2D eigenvalue weighted by Gasteiger charge is -2.17. The molecule has 20 heavy (non-hydrogen) atoms. The van der Waals surface area contributed by atoms with Gasteiger partial charge in [-0.25, -0.2) is 0 Å². The number of rotatable bonds is 5. The Bertz CT molecular complexity index is 493. The van der Waals surface area contributed by atoms with Crippen LogP contribution in [0.2, 0.25) is 0 Å². The zero-order valence-electron chi connectivity index (χ0n) is 12.5. The minimum atomic E-state index is -1.25. The highest BCUT2D eigenvalue weighted by atomic mass is 32.2. The van der Waals surface area contributed by atoms with Gasteiger partial charge in [0.05, 0.1) is 18.5 Å². The normalized spacial score (nSPS) is 17.4. The van der Waals surface area contributed by atoms with Gasteiger partial charge in [-0.2, -0.15) is 0 Å². The molecule has 0 amide bonds.